The number of nitrogens with zero attached hydrogens (tertiary/aromatic N) is 3. The first kappa shape index (κ1) is 16.3. The fourth-order valence-electron chi connectivity index (χ4n) is 2.36. The van der Waals surface area contributed by atoms with E-state index in [2.05, 4.69) is 10.4 Å². The number of carbonyl (C=O) groups is 2. The first-order valence-electron chi connectivity index (χ1n) is 7.45. The van der Waals surface area contributed by atoms with E-state index < -0.39 is 11.7 Å². The number of likely N-dealkylation sites (tertiary alicyclic amines) is 1. The second-order valence-electron chi connectivity index (χ2n) is 6.68. The van der Waals surface area contributed by atoms with Crippen molar-refractivity contribution < 1.29 is 14.3 Å². The topological polar surface area (TPSA) is 76.5 Å². The number of aromatic nitrogens is 2. The van der Waals surface area contributed by atoms with Crippen molar-refractivity contribution in [2.45, 2.75) is 45.8 Å². The predicted molar refractivity (Wildman–Crippen MR) is 81.6 cm³/mol. The maximum Gasteiger partial charge on any atom is 0.407 e. The van der Waals surface area contributed by atoms with Gasteiger partial charge in [0.2, 0.25) is 0 Å². The van der Waals surface area contributed by atoms with Gasteiger partial charge in [-0.3, -0.25) is 9.48 Å². The summed E-state index contributed by atoms with van der Waals surface area (Å²) in [4.78, 5) is 25.8. The highest BCUT2D eigenvalue weighted by molar-refractivity contribution is 5.92. The van der Waals surface area contributed by atoms with Crippen molar-refractivity contribution in [2.75, 3.05) is 13.1 Å². The molecule has 0 aliphatic carbocycles. The number of amides is 2. The summed E-state index contributed by atoms with van der Waals surface area (Å²) in [7, 11) is 1.81. The lowest BCUT2D eigenvalue weighted by Gasteiger charge is -2.22. The van der Waals surface area contributed by atoms with Crippen LogP contribution in [0.1, 0.15) is 43.4 Å². The highest BCUT2D eigenvalue weighted by atomic mass is 16.6. The van der Waals surface area contributed by atoms with E-state index in [1.54, 1.807) is 15.6 Å². The second-order valence-corrected chi connectivity index (χ2v) is 6.68. The van der Waals surface area contributed by atoms with Gasteiger partial charge >= 0.3 is 6.09 Å². The van der Waals surface area contributed by atoms with Crippen molar-refractivity contribution in [3.05, 3.63) is 17.5 Å². The lowest BCUT2D eigenvalue weighted by molar-refractivity contribution is 0.0502. The standard InChI is InChI=1S/C15H24N4O3/c1-10-8-12(17-18(10)5)13(20)19-7-6-11(9-19)16-14(21)22-15(2,3)4/h8,11H,6-7,9H2,1-5H3,(H,16,21). The molecule has 2 rings (SSSR count). The third-order valence-corrected chi connectivity index (χ3v) is 3.53. The summed E-state index contributed by atoms with van der Waals surface area (Å²) in [5, 5.41) is 7.01. The molecule has 1 aliphatic rings. The molecule has 1 fully saturated rings. The Labute approximate surface area is 130 Å². The van der Waals surface area contributed by atoms with Crippen LogP contribution in [0.15, 0.2) is 6.07 Å². The van der Waals surface area contributed by atoms with Crippen LogP contribution in [-0.4, -0.2) is 51.4 Å². The number of hydrogen-bond acceptors (Lipinski definition) is 4. The van der Waals surface area contributed by atoms with Gasteiger partial charge in [0.05, 0.1) is 6.04 Å². The SMILES string of the molecule is Cc1cc(C(=O)N2CCC(NC(=O)OC(C)(C)C)C2)nn1C. The van der Waals surface area contributed by atoms with E-state index in [0.717, 1.165) is 12.1 Å². The minimum Gasteiger partial charge on any atom is -0.444 e. The zero-order valence-electron chi connectivity index (χ0n) is 13.8. The molecule has 1 aromatic heterocycles. The number of hydrogen-bond donors (Lipinski definition) is 1. The smallest absolute Gasteiger partial charge is 0.407 e. The number of ether oxygens (including phenoxy) is 1. The van der Waals surface area contributed by atoms with Gasteiger partial charge in [-0.1, -0.05) is 0 Å². The zero-order valence-corrected chi connectivity index (χ0v) is 13.8. The van der Waals surface area contributed by atoms with Crippen molar-refractivity contribution in [3.8, 4) is 0 Å². The molecule has 0 radical (unpaired) electrons. The molecule has 0 aromatic carbocycles. The van der Waals surface area contributed by atoms with Crippen molar-refractivity contribution >= 4 is 12.0 Å². The summed E-state index contributed by atoms with van der Waals surface area (Å²) in [6, 6.07) is 1.69. The predicted octanol–water partition coefficient (Wildman–Crippen LogP) is 1.47. The monoisotopic (exact) mass is 308 g/mol. The summed E-state index contributed by atoms with van der Waals surface area (Å²) in [6.45, 7) is 8.45. The lowest BCUT2D eigenvalue weighted by atomic mass is 10.2. The Kier molecular flexibility index (Phi) is 4.44. The van der Waals surface area contributed by atoms with Crippen LogP contribution >= 0.6 is 0 Å². The molecular formula is C15H24N4O3. The molecule has 122 valence electrons. The number of rotatable bonds is 2. The Bertz CT molecular complexity index is 554. The fraction of sp³-hybridized carbons (Fsp3) is 0.667. The maximum atomic E-state index is 12.4. The van der Waals surface area contributed by atoms with Crippen molar-refractivity contribution in [1.82, 2.24) is 20.0 Å². The van der Waals surface area contributed by atoms with Gasteiger partial charge in [0.1, 0.15) is 5.60 Å². The molecule has 7 nitrogen and oxygen atoms in total. The molecule has 7 heteroatoms. The van der Waals surface area contributed by atoms with Crippen molar-refractivity contribution in [1.29, 1.82) is 0 Å². The minimum absolute atomic E-state index is 0.0800. The Morgan fingerprint density at radius 3 is 2.64 bits per heavy atom. The molecule has 0 spiro atoms. The molecule has 2 heterocycles. The normalized spacial score (nSPS) is 18.4. The number of nitrogens with one attached hydrogen (secondary N) is 1. The van der Waals surface area contributed by atoms with Crippen LogP contribution in [0, 0.1) is 6.92 Å². The van der Waals surface area contributed by atoms with Crippen molar-refractivity contribution in [3.63, 3.8) is 0 Å². The van der Waals surface area contributed by atoms with Gasteiger partial charge in [0, 0.05) is 25.8 Å². The third-order valence-electron chi connectivity index (χ3n) is 3.53. The minimum atomic E-state index is -0.524. The van der Waals surface area contributed by atoms with E-state index in [9.17, 15) is 9.59 Å². The van der Waals surface area contributed by atoms with Crippen LogP contribution in [0.2, 0.25) is 0 Å². The summed E-state index contributed by atoms with van der Waals surface area (Å²) in [5.74, 6) is -0.0998. The summed E-state index contributed by atoms with van der Waals surface area (Å²) >= 11 is 0. The van der Waals surface area contributed by atoms with Gasteiger partial charge in [-0.25, -0.2) is 4.79 Å². The Morgan fingerprint density at radius 2 is 2.09 bits per heavy atom. The number of carbonyl (C=O) groups excluding carboxylic acids is 2. The number of alkyl carbamates (subject to hydrolysis) is 1. The average molecular weight is 308 g/mol. The van der Waals surface area contributed by atoms with Crippen LogP contribution in [0.5, 0.6) is 0 Å². The molecule has 1 aromatic rings. The van der Waals surface area contributed by atoms with Gasteiger partial charge in [-0.05, 0) is 40.2 Å². The lowest BCUT2D eigenvalue weighted by Crippen LogP contribution is -2.41. The van der Waals surface area contributed by atoms with E-state index in [-0.39, 0.29) is 11.9 Å². The van der Waals surface area contributed by atoms with Crippen LogP contribution in [-0.2, 0) is 11.8 Å². The highest BCUT2D eigenvalue weighted by Crippen LogP contribution is 2.15. The molecule has 1 N–H and O–H groups in total. The molecule has 0 bridgehead atoms. The first-order chi connectivity index (χ1) is 10.2. The summed E-state index contributed by atoms with van der Waals surface area (Å²) < 4.78 is 6.91. The second kappa shape index (κ2) is 5.98. The van der Waals surface area contributed by atoms with Gasteiger partial charge in [-0.2, -0.15) is 5.10 Å². The van der Waals surface area contributed by atoms with E-state index in [0.29, 0.717) is 18.8 Å². The number of aryl methyl sites for hydroxylation is 2. The van der Waals surface area contributed by atoms with E-state index in [1.165, 1.54) is 0 Å². The van der Waals surface area contributed by atoms with E-state index >= 15 is 0 Å². The molecule has 1 unspecified atom stereocenters. The molecule has 1 saturated heterocycles. The highest BCUT2D eigenvalue weighted by Gasteiger charge is 2.30. The Morgan fingerprint density at radius 1 is 1.41 bits per heavy atom. The van der Waals surface area contributed by atoms with E-state index in [1.807, 2.05) is 34.7 Å². The Hall–Kier alpha value is -2.05. The molecule has 22 heavy (non-hydrogen) atoms. The molecule has 0 saturated carbocycles. The van der Waals surface area contributed by atoms with Gasteiger partial charge in [-0.15, -0.1) is 0 Å². The largest absolute Gasteiger partial charge is 0.444 e. The quantitative estimate of drug-likeness (QED) is 0.897. The van der Waals surface area contributed by atoms with Crippen molar-refractivity contribution in [2.24, 2.45) is 7.05 Å². The Balaban J connectivity index is 1.90. The first-order valence-corrected chi connectivity index (χ1v) is 7.45. The van der Waals surface area contributed by atoms with Crippen LogP contribution in [0.3, 0.4) is 0 Å². The maximum absolute atomic E-state index is 12.4. The van der Waals surface area contributed by atoms with E-state index in [4.69, 9.17) is 4.74 Å². The fourth-order valence-corrected chi connectivity index (χ4v) is 2.36. The van der Waals surface area contributed by atoms with Crippen LogP contribution in [0.4, 0.5) is 4.79 Å². The average Bonchev–Trinajstić information content (AvgIpc) is 2.94. The zero-order chi connectivity index (χ0) is 16.5. The van der Waals surface area contributed by atoms with Crippen LogP contribution in [0.25, 0.3) is 0 Å². The van der Waals surface area contributed by atoms with Gasteiger partial charge in [0.25, 0.3) is 5.91 Å². The van der Waals surface area contributed by atoms with Crippen LogP contribution < -0.4 is 5.32 Å². The molecule has 1 aliphatic heterocycles. The molecule has 2 amide bonds. The third kappa shape index (κ3) is 3.99. The summed E-state index contributed by atoms with van der Waals surface area (Å²) in [5.41, 5.74) is 0.854. The van der Waals surface area contributed by atoms with Gasteiger partial charge in [0.15, 0.2) is 5.69 Å². The van der Waals surface area contributed by atoms with Gasteiger partial charge < -0.3 is 15.0 Å². The summed E-state index contributed by atoms with van der Waals surface area (Å²) in [6.07, 6.45) is 0.275. The molecular weight excluding hydrogens is 284 g/mol. The molecule has 1 atom stereocenters.